The molecule has 0 fully saturated rings. The molecule has 0 aliphatic heterocycles. The first-order valence-electron chi connectivity index (χ1n) is 5.36. The summed E-state index contributed by atoms with van der Waals surface area (Å²) in [7, 11) is 0.643. The minimum atomic E-state index is -2.54. The first kappa shape index (κ1) is 14.6. The zero-order valence-electron chi connectivity index (χ0n) is 9.91. The number of hydrogen-bond acceptors (Lipinski definition) is 4. The molecule has 0 atom stereocenters. The molecule has 0 radical (unpaired) electrons. The Morgan fingerprint density at radius 1 is 1.13 bits per heavy atom. The van der Waals surface area contributed by atoms with Crippen molar-refractivity contribution in [1.82, 2.24) is 0 Å². The molecule has 0 saturated heterocycles. The van der Waals surface area contributed by atoms with Crippen LogP contribution in [0.5, 0.6) is 0 Å². The maximum Gasteiger partial charge on any atom is 0.501 e. The molecule has 5 heteroatoms. The number of nitrogens with zero attached hydrogens (tertiary/aromatic N) is 1. The molecule has 88 valence electrons. The van der Waals surface area contributed by atoms with Crippen molar-refractivity contribution in [1.29, 1.82) is 5.26 Å². The lowest BCUT2D eigenvalue weighted by atomic mass is 10.2. The number of nitriles is 1. The van der Waals surface area contributed by atoms with Gasteiger partial charge < -0.3 is 13.3 Å². The van der Waals surface area contributed by atoms with E-state index in [4.69, 9.17) is 18.5 Å². The highest BCUT2D eigenvalue weighted by Crippen LogP contribution is 2.18. The van der Waals surface area contributed by atoms with Gasteiger partial charge in [0.2, 0.25) is 0 Å². The van der Waals surface area contributed by atoms with Gasteiger partial charge in [-0.1, -0.05) is 26.2 Å². The Morgan fingerprint density at radius 3 is 2.27 bits per heavy atom. The van der Waals surface area contributed by atoms with Crippen molar-refractivity contribution in [3.8, 4) is 6.07 Å². The summed E-state index contributed by atoms with van der Waals surface area (Å²) in [6.07, 6.45) is 4.62. The van der Waals surface area contributed by atoms with Crippen LogP contribution in [0.15, 0.2) is 0 Å². The van der Waals surface area contributed by atoms with Gasteiger partial charge in [-0.15, -0.1) is 0 Å². The lowest BCUT2D eigenvalue weighted by Gasteiger charge is -2.25. The van der Waals surface area contributed by atoms with Crippen molar-refractivity contribution in [3.05, 3.63) is 0 Å². The lowest BCUT2D eigenvalue weighted by Crippen LogP contribution is -2.43. The zero-order chi connectivity index (χ0) is 11.6. The number of unbranched alkanes of at least 4 members (excludes halogenated alkanes) is 3. The summed E-state index contributed by atoms with van der Waals surface area (Å²) in [6, 6.07) is 2.74. The van der Waals surface area contributed by atoms with Gasteiger partial charge in [0, 0.05) is 20.3 Å². The molecular formula is C10H21NO3Si. The smallest absolute Gasteiger partial charge is 0.377 e. The average Bonchev–Trinajstić information content (AvgIpc) is 2.29. The van der Waals surface area contributed by atoms with Crippen molar-refractivity contribution < 1.29 is 13.3 Å². The maximum absolute atomic E-state index is 8.47. The van der Waals surface area contributed by atoms with E-state index in [1.807, 2.05) is 6.07 Å². The Balaban J connectivity index is 3.95. The Kier molecular flexibility index (Phi) is 8.62. The molecule has 0 saturated carbocycles. The second-order valence-corrected chi connectivity index (χ2v) is 6.32. The van der Waals surface area contributed by atoms with Crippen LogP contribution < -0.4 is 0 Å². The van der Waals surface area contributed by atoms with Crippen molar-refractivity contribution in [2.45, 2.75) is 38.7 Å². The van der Waals surface area contributed by atoms with Gasteiger partial charge in [-0.2, -0.15) is 5.26 Å². The Bertz CT molecular complexity index is 190. The van der Waals surface area contributed by atoms with E-state index < -0.39 is 8.80 Å². The van der Waals surface area contributed by atoms with Crippen molar-refractivity contribution in [2.75, 3.05) is 20.8 Å². The third kappa shape index (κ3) is 5.90. The van der Waals surface area contributed by atoms with Gasteiger partial charge in [0.25, 0.3) is 0 Å². The van der Waals surface area contributed by atoms with Crippen LogP contribution in [0.2, 0.25) is 6.04 Å². The van der Waals surface area contributed by atoms with E-state index in [1.54, 1.807) is 14.2 Å². The quantitative estimate of drug-likeness (QED) is 0.451. The van der Waals surface area contributed by atoms with Crippen LogP contribution >= 0.6 is 0 Å². The molecule has 0 aromatic carbocycles. The minimum Gasteiger partial charge on any atom is -0.377 e. The molecule has 4 nitrogen and oxygen atoms in total. The van der Waals surface area contributed by atoms with E-state index in [1.165, 1.54) is 12.8 Å². The molecule has 0 amide bonds. The summed E-state index contributed by atoms with van der Waals surface area (Å²) in [6.45, 7) is 2.21. The van der Waals surface area contributed by atoms with Gasteiger partial charge in [0.1, 0.15) is 6.61 Å². The highest BCUT2D eigenvalue weighted by atomic mass is 28.4. The molecule has 0 aromatic heterocycles. The molecule has 0 N–H and O–H groups in total. The van der Waals surface area contributed by atoms with Crippen molar-refractivity contribution in [2.24, 2.45) is 0 Å². The minimum absolute atomic E-state index is 0.0433. The molecule has 0 unspecified atom stereocenters. The van der Waals surface area contributed by atoms with Crippen LogP contribution in [0.1, 0.15) is 32.6 Å². The fraction of sp³-hybridized carbons (Fsp3) is 0.900. The molecule has 0 aliphatic carbocycles. The van der Waals surface area contributed by atoms with Crippen LogP contribution in [0.25, 0.3) is 0 Å². The molecule has 0 aromatic rings. The fourth-order valence-electron chi connectivity index (χ4n) is 1.39. The lowest BCUT2D eigenvalue weighted by molar-refractivity contribution is 0.110. The Morgan fingerprint density at radius 2 is 1.80 bits per heavy atom. The van der Waals surface area contributed by atoms with Crippen molar-refractivity contribution in [3.63, 3.8) is 0 Å². The van der Waals surface area contributed by atoms with Gasteiger partial charge in [0.15, 0.2) is 0 Å². The second kappa shape index (κ2) is 8.86. The third-order valence-electron chi connectivity index (χ3n) is 2.32. The Hall–Kier alpha value is -0.413. The molecule has 0 rings (SSSR count). The van der Waals surface area contributed by atoms with Crippen LogP contribution in [0.3, 0.4) is 0 Å². The normalized spacial score (nSPS) is 11.3. The average molecular weight is 231 g/mol. The summed E-state index contributed by atoms with van der Waals surface area (Å²) in [5.41, 5.74) is 0. The van der Waals surface area contributed by atoms with Gasteiger partial charge in [-0.3, -0.25) is 0 Å². The molecule has 0 bridgehead atoms. The van der Waals surface area contributed by atoms with Crippen LogP contribution in [-0.4, -0.2) is 29.6 Å². The standard InChI is InChI=1S/C10H21NO3Si/c1-4-5-6-7-10-15(12-2,13-3)14-9-8-11/h4-7,9-10H2,1-3H3. The van der Waals surface area contributed by atoms with Crippen LogP contribution in [0, 0.1) is 11.3 Å². The highest BCUT2D eigenvalue weighted by molar-refractivity contribution is 6.60. The Labute approximate surface area is 93.5 Å². The van der Waals surface area contributed by atoms with Gasteiger partial charge in [-0.25, -0.2) is 0 Å². The molecule has 0 spiro atoms. The van der Waals surface area contributed by atoms with E-state index >= 15 is 0 Å². The van der Waals surface area contributed by atoms with Crippen LogP contribution in [-0.2, 0) is 13.3 Å². The predicted molar refractivity (Wildman–Crippen MR) is 60.3 cm³/mol. The van der Waals surface area contributed by atoms with E-state index in [-0.39, 0.29) is 6.61 Å². The summed E-state index contributed by atoms with van der Waals surface area (Å²) in [5.74, 6) is 0. The summed E-state index contributed by atoms with van der Waals surface area (Å²) in [5, 5.41) is 8.47. The number of hydrogen-bond donors (Lipinski definition) is 0. The van der Waals surface area contributed by atoms with E-state index in [2.05, 4.69) is 6.92 Å². The predicted octanol–water partition coefficient (Wildman–Crippen LogP) is 2.34. The topological polar surface area (TPSA) is 51.5 Å². The highest BCUT2D eigenvalue weighted by Gasteiger charge is 2.38. The van der Waals surface area contributed by atoms with E-state index in [0.717, 1.165) is 18.9 Å². The number of rotatable bonds is 9. The second-order valence-electron chi connectivity index (χ2n) is 3.35. The largest absolute Gasteiger partial charge is 0.501 e. The summed E-state index contributed by atoms with van der Waals surface area (Å²) in [4.78, 5) is 0. The molecular weight excluding hydrogens is 210 g/mol. The zero-order valence-corrected chi connectivity index (χ0v) is 10.9. The van der Waals surface area contributed by atoms with E-state index in [0.29, 0.717) is 0 Å². The van der Waals surface area contributed by atoms with Gasteiger partial charge >= 0.3 is 8.80 Å². The van der Waals surface area contributed by atoms with Crippen molar-refractivity contribution >= 4 is 8.80 Å². The van der Waals surface area contributed by atoms with Gasteiger partial charge in [-0.05, 0) is 6.42 Å². The third-order valence-corrected chi connectivity index (χ3v) is 5.11. The maximum atomic E-state index is 8.47. The van der Waals surface area contributed by atoms with E-state index in [9.17, 15) is 0 Å². The van der Waals surface area contributed by atoms with Gasteiger partial charge in [0.05, 0.1) is 6.07 Å². The molecule has 0 heterocycles. The first-order valence-corrected chi connectivity index (χ1v) is 7.29. The molecule has 0 aliphatic rings. The first-order chi connectivity index (χ1) is 7.24. The van der Waals surface area contributed by atoms with Crippen LogP contribution in [0.4, 0.5) is 0 Å². The monoisotopic (exact) mass is 231 g/mol. The SMILES string of the molecule is CCCCCC[Si](OC)(OC)OCC#N. The summed E-state index contributed by atoms with van der Waals surface area (Å²) >= 11 is 0. The fourth-order valence-corrected chi connectivity index (χ4v) is 3.31. The summed E-state index contributed by atoms with van der Waals surface area (Å²) < 4.78 is 16.0. The molecule has 15 heavy (non-hydrogen) atoms.